The lowest BCUT2D eigenvalue weighted by Gasteiger charge is -2.13. The molecule has 0 amide bonds. The van der Waals surface area contributed by atoms with Crippen molar-refractivity contribution < 1.29 is 22.7 Å². The Kier molecular flexibility index (Phi) is 4.80. The second kappa shape index (κ2) is 7.04. The lowest BCUT2D eigenvalue weighted by Crippen LogP contribution is -2.04. The third kappa shape index (κ3) is 3.94. The van der Waals surface area contributed by atoms with Gasteiger partial charge in [0, 0.05) is 11.8 Å². The number of rotatable bonds is 5. The first-order valence-electron chi connectivity index (χ1n) is 7.89. The van der Waals surface area contributed by atoms with E-state index < -0.39 is 11.7 Å². The van der Waals surface area contributed by atoms with Crippen LogP contribution < -0.4 is 4.74 Å². The maximum Gasteiger partial charge on any atom is 0.416 e. The average molecular weight is 356 g/mol. The summed E-state index contributed by atoms with van der Waals surface area (Å²) in [4.78, 5) is 11.7. The van der Waals surface area contributed by atoms with Gasteiger partial charge in [0.05, 0.1) is 5.56 Å². The summed E-state index contributed by atoms with van der Waals surface area (Å²) in [6, 6.07) is 15.6. The summed E-state index contributed by atoms with van der Waals surface area (Å²) in [6.07, 6.45) is -3.06. The maximum atomic E-state index is 12.9. The van der Waals surface area contributed by atoms with Gasteiger partial charge in [-0.1, -0.05) is 43.0 Å². The number of alkyl halides is 3. The first-order valence-corrected chi connectivity index (χ1v) is 7.89. The van der Waals surface area contributed by atoms with E-state index in [-0.39, 0.29) is 18.0 Å². The fourth-order valence-electron chi connectivity index (χ4n) is 2.66. The zero-order valence-electron chi connectivity index (χ0n) is 13.7. The largest absolute Gasteiger partial charge is 0.457 e. The fourth-order valence-corrected chi connectivity index (χ4v) is 2.66. The van der Waals surface area contributed by atoms with Crippen molar-refractivity contribution in [3.63, 3.8) is 0 Å². The van der Waals surface area contributed by atoms with E-state index in [1.165, 1.54) is 18.2 Å². The Hall–Kier alpha value is -3.08. The summed E-state index contributed by atoms with van der Waals surface area (Å²) in [6.45, 7) is 3.45. The van der Waals surface area contributed by atoms with Gasteiger partial charge in [0.2, 0.25) is 0 Å². The molecule has 0 unspecified atom stereocenters. The molecule has 5 heteroatoms. The Morgan fingerprint density at radius 3 is 2.54 bits per heavy atom. The van der Waals surface area contributed by atoms with Crippen molar-refractivity contribution in [3.8, 4) is 11.5 Å². The van der Waals surface area contributed by atoms with Crippen LogP contribution in [0.25, 0.3) is 10.8 Å². The van der Waals surface area contributed by atoms with Crippen LogP contribution in [0.5, 0.6) is 11.5 Å². The third-order valence-electron chi connectivity index (χ3n) is 3.88. The summed E-state index contributed by atoms with van der Waals surface area (Å²) in [5.41, 5.74) is -0.0760. The molecule has 0 aromatic heterocycles. The van der Waals surface area contributed by atoms with Crippen LogP contribution in [-0.2, 0) is 17.4 Å². The highest BCUT2D eigenvalue weighted by atomic mass is 19.4. The molecule has 0 radical (unpaired) electrons. The molecule has 0 aliphatic heterocycles. The molecule has 0 fully saturated rings. The maximum absolute atomic E-state index is 12.9. The van der Waals surface area contributed by atoms with Crippen molar-refractivity contribution in [1.82, 2.24) is 0 Å². The molecule has 0 atom stereocenters. The van der Waals surface area contributed by atoms with Crippen LogP contribution in [0.3, 0.4) is 0 Å². The van der Waals surface area contributed by atoms with Crippen molar-refractivity contribution in [2.24, 2.45) is 0 Å². The van der Waals surface area contributed by atoms with E-state index in [9.17, 15) is 18.0 Å². The van der Waals surface area contributed by atoms with Gasteiger partial charge in [-0.15, -0.1) is 0 Å². The molecule has 3 aromatic carbocycles. The minimum atomic E-state index is -4.44. The van der Waals surface area contributed by atoms with Gasteiger partial charge >= 0.3 is 6.18 Å². The van der Waals surface area contributed by atoms with E-state index in [2.05, 4.69) is 6.58 Å². The molecule has 2 nitrogen and oxygen atoms in total. The van der Waals surface area contributed by atoms with Crippen LogP contribution in [0, 0.1) is 0 Å². The lowest BCUT2D eigenvalue weighted by molar-refractivity contribution is -0.137. The smallest absolute Gasteiger partial charge is 0.416 e. The fraction of sp³-hybridized carbons (Fsp3) is 0.0952. The monoisotopic (exact) mass is 356 g/mol. The molecule has 3 aromatic rings. The number of carbonyl (C=O) groups excluding carboxylic acids is 1. The Labute approximate surface area is 148 Å². The van der Waals surface area contributed by atoms with Crippen LogP contribution >= 0.6 is 0 Å². The van der Waals surface area contributed by atoms with Crippen LogP contribution in [0.2, 0.25) is 0 Å². The molecule has 3 rings (SSSR count). The summed E-state index contributed by atoms with van der Waals surface area (Å²) < 4.78 is 44.5. The van der Waals surface area contributed by atoms with Crippen LogP contribution in [0.15, 0.2) is 73.3 Å². The normalized spacial score (nSPS) is 11.3. The van der Waals surface area contributed by atoms with E-state index in [4.69, 9.17) is 4.74 Å². The molecule has 0 saturated heterocycles. The number of benzene rings is 3. The van der Waals surface area contributed by atoms with Gasteiger partial charge < -0.3 is 4.74 Å². The van der Waals surface area contributed by atoms with E-state index in [0.717, 1.165) is 22.9 Å². The third-order valence-corrected chi connectivity index (χ3v) is 3.88. The van der Waals surface area contributed by atoms with Gasteiger partial charge in [-0.05, 0) is 41.3 Å². The number of fused-ring (bicyclic) bond motifs is 1. The van der Waals surface area contributed by atoms with Gasteiger partial charge in [0.25, 0.3) is 0 Å². The number of ketones is 1. The van der Waals surface area contributed by atoms with Crippen LogP contribution in [0.4, 0.5) is 13.2 Å². The molecular formula is C21H15F3O2. The highest BCUT2D eigenvalue weighted by Crippen LogP contribution is 2.35. The van der Waals surface area contributed by atoms with E-state index in [0.29, 0.717) is 11.3 Å². The summed E-state index contributed by atoms with van der Waals surface area (Å²) in [5.74, 6) is 0.330. The number of carbonyl (C=O) groups is 1. The molecule has 0 N–H and O–H groups in total. The minimum absolute atomic E-state index is 0.0807. The van der Waals surface area contributed by atoms with Crippen LogP contribution in [0.1, 0.15) is 11.1 Å². The summed E-state index contributed by atoms with van der Waals surface area (Å²) in [5, 5.41) is 1.59. The Bertz CT molecular complexity index is 974. The van der Waals surface area contributed by atoms with Crippen molar-refractivity contribution in [3.05, 3.63) is 84.4 Å². The van der Waals surface area contributed by atoms with Crippen molar-refractivity contribution in [2.75, 3.05) is 0 Å². The van der Waals surface area contributed by atoms with Crippen molar-refractivity contribution >= 4 is 16.6 Å². The second-order valence-electron chi connectivity index (χ2n) is 5.79. The van der Waals surface area contributed by atoms with Gasteiger partial charge in [0.15, 0.2) is 5.78 Å². The summed E-state index contributed by atoms with van der Waals surface area (Å²) >= 11 is 0. The second-order valence-corrected chi connectivity index (χ2v) is 5.79. The standard InChI is InChI=1S/C21H15F3O2/c1-2-17(25)11-14-10-15-6-3-4-9-19(15)20(12-14)26-18-8-5-7-16(13-18)21(22,23)24/h2-10,12-13H,1,11H2. The molecule has 0 heterocycles. The van der Waals surface area contributed by atoms with E-state index in [1.807, 2.05) is 30.3 Å². The molecule has 132 valence electrons. The molecular weight excluding hydrogens is 341 g/mol. The number of allylic oxidation sites excluding steroid dienone is 1. The van der Waals surface area contributed by atoms with Crippen molar-refractivity contribution in [1.29, 1.82) is 0 Å². The summed E-state index contributed by atoms with van der Waals surface area (Å²) in [7, 11) is 0. The van der Waals surface area contributed by atoms with Crippen molar-refractivity contribution in [2.45, 2.75) is 12.6 Å². The molecule has 0 aliphatic rings. The van der Waals surface area contributed by atoms with Crippen LogP contribution in [-0.4, -0.2) is 5.78 Å². The quantitative estimate of drug-likeness (QED) is 0.528. The van der Waals surface area contributed by atoms with Gasteiger partial charge in [-0.3, -0.25) is 4.79 Å². The lowest BCUT2D eigenvalue weighted by atomic mass is 10.0. The Balaban J connectivity index is 2.03. The average Bonchev–Trinajstić information content (AvgIpc) is 2.61. The number of halogens is 3. The first-order chi connectivity index (χ1) is 12.4. The van der Waals surface area contributed by atoms with Gasteiger partial charge in [-0.2, -0.15) is 13.2 Å². The Morgan fingerprint density at radius 2 is 1.81 bits per heavy atom. The molecule has 0 spiro atoms. The predicted octanol–water partition coefficient (Wildman–Crippen LogP) is 5.95. The van der Waals surface area contributed by atoms with Gasteiger partial charge in [0.1, 0.15) is 11.5 Å². The molecule has 0 aliphatic carbocycles. The molecule has 26 heavy (non-hydrogen) atoms. The van der Waals surface area contributed by atoms with Gasteiger partial charge in [-0.25, -0.2) is 0 Å². The number of hydrogen-bond donors (Lipinski definition) is 0. The number of hydrogen-bond acceptors (Lipinski definition) is 2. The minimum Gasteiger partial charge on any atom is -0.457 e. The highest BCUT2D eigenvalue weighted by molar-refractivity contribution is 5.94. The first kappa shape index (κ1) is 17.7. The molecule has 0 saturated carbocycles. The number of ether oxygens (including phenoxy) is 1. The topological polar surface area (TPSA) is 26.3 Å². The SMILES string of the molecule is C=CC(=O)Cc1cc(Oc2cccc(C(F)(F)F)c2)c2ccccc2c1. The molecule has 0 bridgehead atoms. The highest BCUT2D eigenvalue weighted by Gasteiger charge is 2.30. The zero-order valence-corrected chi connectivity index (χ0v) is 13.7. The van der Waals surface area contributed by atoms with E-state index >= 15 is 0 Å². The Morgan fingerprint density at radius 1 is 1.04 bits per heavy atom. The van der Waals surface area contributed by atoms with E-state index in [1.54, 1.807) is 6.07 Å². The zero-order chi connectivity index (χ0) is 18.7. The predicted molar refractivity (Wildman–Crippen MR) is 94.4 cm³/mol.